The molecule has 0 spiro atoms. The third-order valence-corrected chi connectivity index (χ3v) is 3.50. The first kappa shape index (κ1) is 14.9. The van der Waals surface area contributed by atoms with Gasteiger partial charge in [0.05, 0.1) is 12.8 Å². The fourth-order valence-corrected chi connectivity index (χ4v) is 2.37. The number of aromatic nitrogens is 2. The molecule has 1 N–H and O–H groups in total. The van der Waals surface area contributed by atoms with Crippen molar-refractivity contribution in [2.45, 2.75) is 33.0 Å². The van der Waals surface area contributed by atoms with Crippen LogP contribution in [0.3, 0.4) is 0 Å². The third kappa shape index (κ3) is 3.52. The zero-order chi connectivity index (χ0) is 14.4. The molecular weight excluding hydrogens is 274 g/mol. The molecule has 0 aliphatic carbocycles. The number of nitrogens with one attached hydrogen (secondary N) is 1. The zero-order valence-corrected chi connectivity index (χ0v) is 12.7. The van der Waals surface area contributed by atoms with E-state index in [1.807, 2.05) is 35.1 Å². The Morgan fingerprint density at radius 3 is 2.90 bits per heavy atom. The molecular formula is C15H20ClN3O. The van der Waals surface area contributed by atoms with Crippen LogP contribution >= 0.6 is 11.6 Å². The summed E-state index contributed by atoms with van der Waals surface area (Å²) in [5, 5.41) is 8.42. The highest BCUT2D eigenvalue weighted by Gasteiger charge is 2.08. The molecule has 4 nitrogen and oxygen atoms in total. The lowest BCUT2D eigenvalue weighted by atomic mass is 10.2. The summed E-state index contributed by atoms with van der Waals surface area (Å²) < 4.78 is 7.36. The Hall–Kier alpha value is -1.52. The summed E-state index contributed by atoms with van der Waals surface area (Å²) in [6.45, 7) is 4.52. The van der Waals surface area contributed by atoms with Crippen molar-refractivity contribution in [3.63, 3.8) is 0 Å². The number of benzene rings is 1. The van der Waals surface area contributed by atoms with Crippen LogP contribution in [-0.2, 0) is 19.6 Å². The standard InChI is InChI=1S/C15H20ClN3O/c1-3-9-19-12(7-8-18-19)10-17-11-13-14(16)5-4-6-15(13)20-2/h4-8,17H,3,9-11H2,1-2H3. The Balaban J connectivity index is 1.98. The van der Waals surface area contributed by atoms with Gasteiger partial charge in [-0.15, -0.1) is 0 Å². The van der Waals surface area contributed by atoms with Gasteiger partial charge in [0.25, 0.3) is 0 Å². The molecule has 0 atom stereocenters. The Labute approximate surface area is 124 Å². The van der Waals surface area contributed by atoms with E-state index in [2.05, 4.69) is 17.3 Å². The van der Waals surface area contributed by atoms with Crippen molar-refractivity contribution in [2.75, 3.05) is 7.11 Å². The molecule has 2 aromatic rings. The first-order valence-electron chi connectivity index (χ1n) is 6.79. The number of aryl methyl sites for hydroxylation is 1. The molecule has 1 aromatic carbocycles. The lowest BCUT2D eigenvalue weighted by Gasteiger charge is -2.12. The van der Waals surface area contributed by atoms with Crippen LogP contribution < -0.4 is 10.1 Å². The molecule has 0 fully saturated rings. The summed E-state index contributed by atoms with van der Waals surface area (Å²) in [7, 11) is 1.66. The number of ether oxygens (including phenoxy) is 1. The van der Waals surface area contributed by atoms with E-state index in [9.17, 15) is 0 Å². The van der Waals surface area contributed by atoms with Gasteiger partial charge in [-0.3, -0.25) is 4.68 Å². The van der Waals surface area contributed by atoms with Crippen molar-refractivity contribution in [1.82, 2.24) is 15.1 Å². The Kier molecular flexibility index (Phi) is 5.44. The third-order valence-electron chi connectivity index (χ3n) is 3.14. The van der Waals surface area contributed by atoms with E-state index in [0.29, 0.717) is 6.54 Å². The van der Waals surface area contributed by atoms with Gasteiger partial charge in [-0.1, -0.05) is 24.6 Å². The highest BCUT2D eigenvalue weighted by Crippen LogP contribution is 2.25. The van der Waals surface area contributed by atoms with E-state index in [1.54, 1.807) is 7.11 Å². The first-order chi connectivity index (χ1) is 9.76. The topological polar surface area (TPSA) is 39.1 Å². The Morgan fingerprint density at radius 1 is 1.30 bits per heavy atom. The summed E-state index contributed by atoms with van der Waals surface area (Å²) in [5.74, 6) is 0.812. The predicted molar refractivity (Wildman–Crippen MR) is 81.1 cm³/mol. The van der Waals surface area contributed by atoms with Crippen LogP contribution in [0.1, 0.15) is 24.6 Å². The molecule has 0 amide bonds. The maximum absolute atomic E-state index is 6.21. The summed E-state index contributed by atoms with van der Waals surface area (Å²) in [5.41, 5.74) is 2.16. The van der Waals surface area contributed by atoms with Gasteiger partial charge in [0.1, 0.15) is 5.75 Å². The Bertz CT molecular complexity index is 554. The van der Waals surface area contributed by atoms with Crippen LogP contribution in [0.4, 0.5) is 0 Å². The quantitative estimate of drug-likeness (QED) is 0.852. The molecule has 0 aliphatic rings. The molecule has 5 heteroatoms. The molecule has 0 aliphatic heterocycles. The maximum atomic E-state index is 6.21. The van der Waals surface area contributed by atoms with Gasteiger partial charge >= 0.3 is 0 Å². The van der Waals surface area contributed by atoms with Crippen molar-refractivity contribution >= 4 is 11.6 Å². The highest BCUT2D eigenvalue weighted by molar-refractivity contribution is 6.31. The predicted octanol–water partition coefficient (Wildman–Crippen LogP) is 3.24. The van der Waals surface area contributed by atoms with Crippen LogP contribution in [0.25, 0.3) is 0 Å². The molecule has 20 heavy (non-hydrogen) atoms. The number of rotatable bonds is 7. The molecule has 2 rings (SSSR count). The second-order valence-corrected chi connectivity index (χ2v) is 4.98. The summed E-state index contributed by atoms with van der Waals surface area (Å²) in [4.78, 5) is 0. The van der Waals surface area contributed by atoms with Crippen molar-refractivity contribution in [3.8, 4) is 5.75 Å². The van der Waals surface area contributed by atoms with Crippen molar-refractivity contribution in [3.05, 3.63) is 46.7 Å². The van der Waals surface area contributed by atoms with E-state index in [1.165, 1.54) is 5.69 Å². The van der Waals surface area contributed by atoms with Crippen LogP contribution in [0.15, 0.2) is 30.5 Å². The van der Waals surface area contributed by atoms with Gasteiger partial charge < -0.3 is 10.1 Å². The second kappa shape index (κ2) is 7.31. The van der Waals surface area contributed by atoms with E-state index in [4.69, 9.17) is 16.3 Å². The zero-order valence-electron chi connectivity index (χ0n) is 11.9. The molecule has 0 saturated carbocycles. The highest BCUT2D eigenvalue weighted by atomic mass is 35.5. The molecule has 0 unspecified atom stereocenters. The molecule has 0 bridgehead atoms. The summed E-state index contributed by atoms with van der Waals surface area (Å²) >= 11 is 6.21. The largest absolute Gasteiger partial charge is 0.496 e. The number of hydrogen-bond donors (Lipinski definition) is 1. The van der Waals surface area contributed by atoms with Crippen LogP contribution in [0.2, 0.25) is 5.02 Å². The van der Waals surface area contributed by atoms with Gasteiger partial charge in [-0.05, 0) is 24.6 Å². The smallest absolute Gasteiger partial charge is 0.124 e. The molecule has 0 saturated heterocycles. The molecule has 1 aromatic heterocycles. The normalized spacial score (nSPS) is 10.8. The van der Waals surface area contributed by atoms with E-state index in [0.717, 1.165) is 35.8 Å². The van der Waals surface area contributed by atoms with Crippen molar-refractivity contribution in [1.29, 1.82) is 0 Å². The van der Waals surface area contributed by atoms with Gasteiger partial charge in [0.15, 0.2) is 0 Å². The maximum Gasteiger partial charge on any atom is 0.124 e. The minimum absolute atomic E-state index is 0.667. The number of methoxy groups -OCH3 is 1. The van der Waals surface area contributed by atoms with E-state index in [-0.39, 0.29) is 0 Å². The van der Waals surface area contributed by atoms with E-state index >= 15 is 0 Å². The van der Waals surface area contributed by atoms with Crippen LogP contribution in [0, 0.1) is 0 Å². The fraction of sp³-hybridized carbons (Fsp3) is 0.400. The minimum Gasteiger partial charge on any atom is -0.496 e. The van der Waals surface area contributed by atoms with Gasteiger partial charge in [-0.2, -0.15) is 5.10 Å². The van der Waals surface area contributed by atoms with Crippen molar-refractivity contribution < 1.29 is 4.74 Å². The van der Waals surface area contributed by atoms with Gasteiger partial charge in [-0.25, -0.2) is 0 Å². The second-order valence-electron chi connectivity index (χ2n) is 4.57. The van der Waals surface area contributed by atoms with Gasteiger partial charge in [0, 0.05) is 36.4 Å². The monoisotopic (exact) mass is 293 g/mol. The fourth-order valence-electron chi connectivity index (χ4n) is 2.14. The average Bonchev–Trinajstić information content (AvgIpc) is 2.88. The van der Waals surface area contributed by atoms with E-state index < -0.39 is 0 Å². The SMILES string of the molecule is CCCn1nccc1CNCc1c(Cl)cccc1OC. The first-order valence-corrected chi connectivity index (χ1v) is 7.16. The minimum atomic E-state index is 0.667. The van der Waals surface area contributed by atoms with Crippen LogP contribution in [0.5, 0.6) is 5.75 Å². The molecule has 1 heterocycles. The molecule has 0 radical (unpaired) electrons. The van der Waals surface area contributed by atoms with Crippen LogP contribution in [-0.4, -0.2) is 16.9 Å². The molecule has 108 valence electrons. The number of halogens is 1. The summed E-state index contributed by atoms with van der Waals surface area (Å²) in [6, 6.07) is 7.72. The van der Waals surface area contributed by atoms with Gasteiger partial charge in [0.2, 0.25) is 0 Å². The number of hydrogen-bond acceptors (Lipinski definition) is 3. The Morgan fingerprint density at radius 2 is 2.15 bits per heavy atom. The number of nitrogens with zero attached hydrogens (tertiary/aromatic N) is 2. The van der Waals surface area contributed by atoms with Crippen molar-refractivity contribution in [2.24, 2.45) is 0 Å². The summed E-state index contributed by atoms with van der Waals surface area (Å²) in [6.07, 6.45) is 2.91. The lowest BCUT2D eigenvalue weighted by molar-refractivity contribution is 0.407. The average molecular weight is 294 g/mol. The lowest BCUT2D eigenvalue weighted by Crippen LogP contribution is -2.17.